The lowest BCUT2D eigenvalue weighted by Gasteiger charge is -2.30. The number of rotatable bonds is 4. The maximum absolute atomic E-state index is 12.5. The first-order valence-corrected chi connectivity index (χ1v) is 9.46. The van der Waals surface area contributed by atoms with Crippen LogP contribution in [0.15, 0.2) is 0 Å². The molecule has 0 aromatic heterocycles. The summed E-state index contributed by atoms with van der Waals surface area (Å²) in [6.45, 7) is 3.72. The minimum atomic E-state index is -0.572. The molecule has 3 rings (SSSR count). The van der Waals surface area contributed by atoms with Crippen LogP contribution in [0.4, 0.5) is 0 Å². The molecule has 3 atom stereocenters. The Morgan fingerprint density at radius 1 is 1.35 bits per heavy atom. The maximum Gasteiger partial charge on any atom is 0.244 e. The highest BCUT2D eigenvalue weighted by Gasteiger charge is 2.53. The number of nitrogens with one attached hydrogen (secondary N) is 2. The van der Waals surface area contributed by atoms with E-state index in [0.29, 0.717) is 12.2 Å². The molecule has 2 aliphatic heterocycles. The highest BCUT2D eigenvalue weighted by molar-refractivity contribution is 8.01. The van der Waals surface area contributed by atoms with Gasteiger partial charge in [0.25, 0.3) is 0 Å². The molecule has 0 aromatic carbocycles. The molecule has 23 heavy (non-hydrogen) atoms. The third kappa shape index (κ3) is 3.20. The maximum atomic E-state index is 12.5. The fraction of sp³-hybridized carbons (Fsp3) is 0.812. The van der Waals surface area contributed by atoms with Crippen LogP contribution >= 0.6 is 11.8 Å². The van der Waals surface area contributed by atoms with Crippen LogP contribution in [0.25, 0.3) is 0 Å². The van der Waals surface area contributed by atoms with Crippen LogP contribution in [-0.2, 0) is 14.4 Å². The predicted octanol–water partition coefficient (Wildman–Crippen LogP) is 1.00. The van der Waals surface area contributed by atoms with Crippen LogP contribution in [0.2, 0.25) is 0 Å². The van der Waals surface area contributed by atoms with Crippen LogP contribution in [0.1, 0.15) is 52.4 Å². The fourth-order valence-electron chi connectivity index (χ4n) is 3.79. The second-order valence-corrected chi connectivity index (χ2v) is 8.49. The molecular weight excluding hydrogens is 314 g/mol. The summed E-state index contributed by atoms with van der Waals surface area (Å²) in [7, 11) is 0. The highest BCUT2D eigenvalue weighted by Crippen LogP contribution is 2.47. The van der Waals surface area contributed by atoms with Crippen molar-refractivity contribution in [3.63, 3.8) is 0 Å². The average molecular weight is 339 g/mol. The van der Waals surface area contributed by atoms with Crippen LogP contribution < -0.4 is 10.6 Å². The number of thioether (sulfide) groups is 1. The number of nitrogens with zero attached hydrogens (tertiary/aromatic N) is 1. The standard InChI is InChI=1S/C16H25N3O3S/c1-10(14(21)18-11-5-3-4-6-11)17-15(22)12-9-23-16(2)8-7-13(20)19(12)16/h10-12H,3-9H2,1-2H3,(H,17,22)(H,18,21). The Hall–Kier alpha value is -1.24. The van der Waals surface area contributed by atoms with E-state index in [-0.39, 0.29) is 28.6 Å². The van der Waals surface area contributed by atoms with Gasteiger partial charge in [-0.25, -0.2) is 0 Å². The van der Waals surface area contributed by atoms with Crippen LogP contribution in [-0.4, -0.2) is 51.4 Å². The number of carbonyl (C=O) groups is 3. The van der Waals surface area contributed by atoms with E-state index in [1.165, 1.54) is 0 Å². The summed E-state index contributed by atoms with van der Waals surface area (Å²) >= 11 is 1.66. The molecule has 128 valence electrons. The van der Waals surface area contributed by atoms with Gasteiger partial charge in [-0.3, -0.25) is 14.4 Å². The molecule has 2 heterocycles. The summed E-state index contributed by atoms with van der Waals surface area (Å²) in [5.74, 6) is 0.295. The van der Waals surface area contributed by atoms with Gasteiger partial charge in [0.05, 0.1) is 4.87 Å². The van der Waals surface area contributed by atoms with Gasteiger partial charge in [0.1, 0.15) is 12.1 Å². The van der Waals surface area contributed by atoms with Crippen molar-refractivity contribution in [3.8, 4) is 0 Å². The molecule has 3 aliphatic rings. The van der Waals surface area contributed by atoms with Gasteiger partial charge >= 0.3 is 0 Å². The van der Waals surface area contributed by atoms with Gasteiger partial charge in [0, 0.05) is 18.2 Å². The predicted molar refractivity (Wildman–Crippen MR) is 88.7 cm³/mol. The second kappa shape index (κ2) is 6.34. The molecule has 0 spiro atoms. The van der Waals surface area contributed by atoms with Gasteiger partial charge in [-0.2, -0.15) is 0 Å². The lowest BCUT2D eigenvalue weighted by Crippen LogP contribution is -2.55. The minimum absolute atomic E-state index is 0.0423. The van der Waals surface area contributed by atoms with Gasteiger partial charge in [-0.1, -0.05) is 12.8 Å². The molecule has 7 heteroatoms. The summed E-state index contributed by atoms with van der Waals surface area (Å²) < 4.78 is 0. The monoisotopic (exact) mass is 339 g/mol. The van der Waals surface area contributed by atoms with Crippen LogP contribution in [0, 0.1) is 0 Å². The first-order valence-electron chi connectivity index (χ1n) is 8.47. The van der Waals surface area contributed by atoms with E-state index in [9.17, 15) is 14.4 Å². The number of hydrogen-bond acceptors (Lipinski definition) is 4. The Bertz CT molecular complexity index is 521. The number of amides is 3. The Balaban J connectivity index is 1.56. The smallest absolute Gasteiger partial charge is 0.244 e. The zero-order valence-electron chi connectivity index (χ0n) is 13.8. The summed E-state index contributed by atoms with van der Waals surface area (Å²) in [6.07, 6.45) is 5.64. The molecule has 3 unspecified atom stereocenters. The normalized spacial score (nSPS) is 32.0. The Morgan fingerprint density at radius 2 is 2.04 bits per heavy atom. The summed E-state index contributed by atoms with van der Waals surface area (Å²) in [4.78, 5) is 38.3. The average Bonchev–Trinajstić information content (AvgIpc) is 3.18. The number of fused-ring (bicyclic) bond motifs is 1. The molecule has 2 N–H and O–H groups in total. The topological polar surface area (TPSA) is 78.5 Å². The molecule has 1 saturated carbocycles. The fourth-order valence-corrected chi connectivity index (χ4v) is 5.22. The van der Waals surface area contributed by atoms with Crippen molar-refractivity contribution >= 4 is 29.5 Å². The lowest BCUT2D eigenvalue weighted by atomic mass is 10.2. The zero-order chi connectivity index (χ0) is 16.6. The zero-order valence-corrected chi connectivity index (χ0v) is 14.6. The van der Waals surface area contributed by atoms with Gasteiger partial charge in [-0.05, 0) is 33.1 Å². The highest BCUT2D eigenvalue weighted by atomic mass is 32.2. The third-order valence-corrected chi connectivity index (χ3v) is 6.71. The largest absolute Gasteiger partial charge is 0.352 e. The van der Waals surface area contributed by atoms with Gasteiger partial charge < -0.3 is 15.5 Å². The van der Waals surface area contributed by atoms with E-state index in [4.69, 9.17) is 0 Å². The molecule has 3 fully saturated rings. The van der Waals surface area contributed by atoms with Gasteiger partial charge in [0.2, 0.25) is 17.7 Å². The van der Waals surface area contributed by atoms with Crippen molar-refractivity contribution in [1.82, 2.24) is 15.5 Å². The van der Waals surface area contributed by atoms with Crippen molar-refractivity contribution in [2.24, 2.45) is 0 Å². The van der Waals surface area contributed by atoms with Crippen molar-refractivity contribution < 1.29 is 14.4 Å². The SMILES string of the molecule is CC(NC(=O)C1CSC2(C)CCC(=O)N12)C(=O)NC1CCCC1. The molecular formula is C16H25N3O3S. The quantitative estimate of drug-likeness (QED) is 0.801. The Labute approximate surface area is 141 Å². The van der Waals surface area contributed by atoms with E-state index >= 15 is 0 Å². The van der Waals surface area contributed by atoms with Crippen LogP contribution in [0.5, 0.6) is 0 Å². The first-order chi connectivity index (χ1) is 10.9. The third-order valence-electron chi connectivity index (χ3n) is 5.20. The van der Waals surface area contributed by atoms with Crippen molar-refractivity contribution in [3.05, 3.63) is 0 Å². The van der Waals surface area contributed by atoms with Crippen molar-refractivity contribution in [1.29, 1.82) is 0 Å². The molecule has 0 radical (unpaired) electrons. The number of hydrogen-bond donors (Lipinski definition) is 2. The van der Waals surface area contributed by atoms with E-state index < -0.39 is 12.1 Å². The number of carbonyl (C=O) groups excluding carboxylic acids is 3. The summed E-state index contributed by atoms with van der Waals surface area (Å²) in [5, 5.41) is 5.79. The molecule has 0 aromatic rings. The molecule has 3 amide bonds. The summed E-state index contributed by atoms with van der Waals surface area (Å²) in [5.41, 5.74) is 0. The van der Waals surface area contributed by atoms with E-state index in [1.54, 1.807) is 23.6 Å². The first kappa shape index (κ1) is 16.6. The summed E-state index contributed by atoms with van der Waals surface area (Å²) in [6, 6.07) is -0.785. The molecule has 0 bridgehead atoms. The van der Waals surface area contributed by atoms with Crippen molar-refractivity contribution in [2.75, 3.05) is 5.75 Å². The lowest BCUT2D eigenvalue weighted by molar-refractivity contribution is -0.139. The van der Waals surface area contributed by atoms with E-state index in [2.05, 4.69) is 10.6 Å². The minimum Gasteiger partial charge on any atom is -0.352 e. The van der Waals surface area contributed by atoms with Crippen LogP contribution in [0.3, 0.4) is 0 Å². The van der Waals surface area contributed by atoms with Gasteiger partial charge in [-0.15, -0.1) is 11.8 Å². The second-order valence-electron chi connectivity index (χ2n) is 6.99. The van der Waals surface area contributed by atoms with E-state index in [0.717, 1.165) is 32.1 Å². The molecule has 2 saturated heterocycles. The Kier molecular flexibility index (Phi) is 4.58. The van der Waals surface area contributed by atoms with Crippen molar-refractivity contribution in [2.45, 2.75) is 75.4 Å². The Morgan fingerprint density at radius 3 is 2.74 bits per heavy atom. The van der Waals surface area contributed by atoms with E-state index in [1.807, 2.05) is 6.92 Å². The van der Waals surface area contributed by atoms with Gasteiger partial charge in [0.15, 0.2) is 0 Å². The molecule has 6 nitrogen and oxygen atoms in total. The molecule has 1 aliphatic carbocycles.